The average molecular weight is 215 g/mol. The van der Waals surface area contributed by atoms with Gasteiger partial charge < -0.3 is 22.1 Å². The number of rotatable bonds is 6. The molecule has 1 rings (SSSR count). The number of hydrogen-bond donors (Lipinski definition) is 4. The standard InChI is InChI=1S/C10H25N5/c1-9(10-8-13-4-5-14-10)15(6-2-11)7-3-12/h9-10,13-14H,2-8,11-12H2,1H3. The molecule has 0 bridgehead atoms. The van der Waals surface area contributed by atoms with Gasteiger partial charge >= 0.3 is 0 Å². The van der Waals surface area contributed by atoms with Crippen LogP contribution >= 0.6 is 0 Å². The first-order chi connectivity index (χ1) is 7.29. The minimum atomic E-state index is 0.491. The smallest absolute Gasteiger partial charge is 0.0346 e. The Morgan fingerprint density at radius 1 is 1.27 bits per heavy atom. The third kappa shape index (κ3) is 4.04. The van der Waals surface area contributed by atoms with Gasteiger partial charge in [0.15, 0.2) is 0 Å². The lowest BCUT2D eigenvalue weighted by atomic mass is 10.1. The van der Waals surface area contributed by atoms with Crippen LogP contribution in [0.3, 0.4) is 0 Å². The first-order valence-corrected chi connectivity index (χ1v) is 5.88. The van der Waals surface area contributed by atoms with Gasteiger partial charge in [0.05, 0.1) is 0 Å². The summed E-state index contributed by atoms with van der Waals surface area (Å²) in [5.74, 6) is 0. The number of nitrogens with one attached hydrogen (secondary N) is 2. The van der Waals surface area contributed by atoms with Gasteiger partial charge in [0, 0.05) is 57.9 Å². The molecule has 5 nitrogen and oxygen atoms in total. The summed E-state index contributed by atoms with van der Waals surface area (Å²) in [5.41, 5.74) is 11.2. The van der Waals surface area contributed by atoms with Crippen molar-refractivity contribution in [3.05, 3.63) is 0 Å². The highest BCUT2D eigenvalue weighted by Crippen LogP contribution is 2.04. The van der Waals surface area contributed by atoms with E-state index in [1.807, 2.05) is 0 Å². The Hall–Kier alpha value is -0.200. The van der Waals surface area contributed by atoms with E-state index in [-0.39, 0.29) is 0 Å². The third-order valence-electron chi connectivity index (χ3n) is 3.06. The molecule has 0 aromatic carbocycles. The van der Waals surface area contributed by atoms with Crippen LogP contribution in [0.5, 0.6) is 0 Å². The van der Waals surface area contributed by atoms with Crippen molar-refractivity contribution in [1.29, 1.82) is 0 Å². The predicted octanol–water partition coefficient (Wildman–Crippen LogP) is -1.84. The van der Waals surface area contributed by atoms with Crippen molar-refractivity contribution in [3.63, 3.8) is 0 Å². The van der Waals surface area contributed by atoms with E-state index >= 15 is 0 Å². The van der Waals surface area contributed by atoms with Crippen LogP contribution in [0.4, 0.5) is 0 Å². The molecule has 0 radical (unpaired) electrons. The van der Waals surface area contributed by atoms with E-state index in [1.165, 1.54) is 0 Å². The Labute approximate surface area is 92.6 Å². The first-order valence-electron chi connectivity index (χ1n) is 5.88. The summed E-state index contributed by atoms with van der Waals surface area (Å²) in [6.45, 7) is 8.65. The topological polar surface area (TPSA) is 79.3 Å². The van der Waals surface area contributed by atoms with Crippen LogP contribution in [0.1, 0.15) is 6.92 Å². The fourth-order valence-electron chi connectivity index (χ4n) is 2.12. The molecule has 0 saturated carbocycles. The van der Waals surface area contributed by atoms with Crippen LogP contribution in [-0.2, 0) is 0 Å². The molecular weight excluding hydrogens is 190 g/mol. The van der Waals surface area contributed by atoms with Gasteiger partial charge in [0.1, 0.15) is 0 Å². The fraction of sp³-hybridized carbons (Fsp3) is 1.00. The number of piperazine rings is 1. The Balaban J connectivity index is 2.41. The van der Waals surface area contributed by atoms with Crippen molar-refractivity contribution in [2.75, 3.05) is 45.8 Å². The van der Waals surface area contributed by atoms with Crippen LogP contribution < -0.4 is 22.1 Å². The molecule has 0 spiro atoms. The molecule has 1 fully saturated rings. The molecule has 1 heterocycles. The van der Waals surface area contributed by atoms with E-state index in [9.17, 15) is 0 Å². The maximum atomic E-state index is 5.61. The van der Waals surface area contributed by atoms with E-state index in [1.54, 1.807) is 0 Å². The second-order valence-electron chi connectivity index (χ2n) is 4.12. The second kappa shape index (κ2) is 7.14. The molecule has 15 heavy (non-hydrogen) atoms. The monoisotopic (exact) mass is 215 g/mol. The zero-order valence-corrected chi connectivity index (χ0v) is 9.71. The van der Waals surface area contributed by atoms with Gasteiger partial charge in [-0.3, -0.25) is 4.90 Å². The van der Waals surface area contributed by atoms with Crippen molar-refractivity contribution in [2.45, 2.75) is 19.0 Å². The van der Waals surface area contributed by atoms with Crippen LogP contribution in [0, 0.1) is 0 Å². The molecule has 1 aliphatic heterocycles. The maximum Gasteiger partial charge on any atom is 0.0346 e. The van der Waals surface area contributed by atoms with E-state index in [4.69, 9.17) is 11.5 Å². The van der Waals surface area contributed by atoms with Gasteiger partial charge in [0.25, 0.3) is 0 Å². The molecule has 0 amide bonds. The van der Waals surface area contributed by atoms with Crippen molar-refractivity contribution in [2.24, 2.45) is 11.5 Å². The molecule has 1 saturated heterocycles. The largest absolute Gasteiger partial charge is 0.329 e. The molecule has 1 aliphatic rings. The maximum absolute atomic E-state index is 5.61. The van der Waals surface area contributed by atoms with Gasteiger partial charge in [0.2, 0.25) is 0 Å². The Morgan fingerprint density at radius 2 is 1.93 bits per heavy atom. The Kier molecular flexibility index (Phi) is 6.12. The molecular formula is C10H25N5. The lowest BCUT2D eigenvalue weighted by Crippen LogP contribution is -2.58. The fourth-order valence-corrected chi connectivity index (χ4v) is 2.12. The van der Waals surface area contributed by atoms with E-state index in [0.717, 1.165) is 32.7 Å². The lowest BCUT2D eigenvalue weighted by molar-refractivity contribution is 0.167. The van der Waals surface area contributed by atoms with Crippen molar-refractivity contribution in [1.82, 2.24) is 15.5 Å². The van der Waals surface area contributed by atoms with Crippen molar-refractivity contribution in [3.8, 4) is 0 Å². The van der Waals surface area contributed by atoms with Crippen molar-refractivity contribution < 1.29 is 0 Å². The molecule has 0 aromatic heterocycles. The number of nitrogens with zero attached hydrogens (tertiary/aromatic N) is 1. The van der Waals surface area contributed by atoms with Gasteiger partial charge in [-0.25, -0.2) is 0 Å². The van der Waals surface area contributed by atoms with Gasteiger partial charge in [-0.05, 0) is 6.92 Å². The minimum Gasteiger partial charge on any atom is -0.329 e. The highest BCUT2D eigenvalue weighted by Gasteiger charge is 2.23. The number of hydrogen-bond acceptors (Lipinski definition) is 5. The normalized spacial score (nSPS) is 24.4. The molecule has 6 N–H and O–H groups in total. The Bertz CT molecular complexity index is 152. The predicted molar refractivity (Wildman–Crippen MR) is 63.8 cm³/mol. The van der Waals surface area contributed by atoms with Gasteiger partial charge in [-0.15, -0.1) is 0 Å². The zero-order chi connectivity index (χ0) is 11.1. The minimum absolute atomic E-state index is 0.491. The average Bonchev–Trinajstić information content (AvgIpc) is 2.29. The van der Waals surface area contributed by atoms with Crippen LogP contribution in [-0.4, -0.2) is 62.8 Å². The summed E-state index contributed by atoms with van der Waals surface area (Å²) in [6, 6.07) is 1.00. The summed E-state index contributed by atoms with van der Waals surface area (Å²) >= 11 is 0. The molecule has 2 atom stereocenters. The van der Waals surface area contributed by atoms with E-state index < -0.39 is 0 Å². The summed E-state index contributed by atoms with van der Waals surface area (Å²) < 4.78 is 0. The quantitative estimate of drug-likeness (QED) is 0.419. The second-order valence-corrected chi connectivity index (χ2v) is 4.12. The molecule has 0 aromatic rings. The highest BCUT2D eigenvalue weighted by molar-refractivity contribution is 4.86. The SMILES string of the molecule is CC(C1CNCCN1)N(CCN)CCN. The van der Waals surface area contributed by atoms with Crippen molar-refractivity contribution >= 4 is 0 Å². The van der Waals surface area contributed by atoms with E-state index in [0.29, 0.717) is 25.2 Å². The summed E-state index contributed by atoms with van der Waals surface area (Å²) in [4.78, 5) is 2.37. The van der Waals surface area contributed by atoms with Gasteiger partial charge in [-0.1, -0.05) is 0 Å². The van der Waals surface area contributed by atoms with Gasteiger partial charge in [-0.2, -0.15) is 0 Å². The summed E-state index contributed by atoms with van der Waals surface area (Å²) in [5, 5.41) is 6.93. The van der Waals surface area contributed by atoms with Crippen LogP contribution in [0.15, 0.2) is 0 Å². The van der Waals surface area contributed by atoms with Crippen LogP contribution in [0.25, 0.3) is 0 Å². The highest BCUT2D eigenvalue weighted by atomic mass is 15.2. The number of nitrogens with two attached hydrogens (primary N) is 2. The molecule has 5 heteroatoms. The molecule has 90 valence electrons. The third-order valence-corrected chi connectivity index (χ3v) is 3.06. The Morgan fingerprint density at radius 3 is 2.40 bits per heavy atom. The summed E-state index contributed by atoms with van der Waals surface area (Å²) in [6.07, 6.45) is 0. The first kappa shape index (κ1) is 12.9. The molecule has 0 aliphatic carbocycles. The lowest BCUT2D eigenvalue weighted by Gasteiger charge is -2.37. The zero-order valence-electron chi connectivity index (χ0n) is 9.71. The van der Waals surface area contributed by atoms with Crippen LogP contribution in [0.2, 0.25) is 0 Å². The summed E-state index contributed by atoms with van der Waals surface area (Å²) in [7, 11) is 0. The van der Waals surface area contributed by atoms with E-state index in [2.05, 4.69) is 22.5 Å². The molecule has 2 unspecified atom stereocenters.